The van der Waals surface area contributed by atoms with E-state index in [9.17, 15) is 14.2 Å². The van der Waals surface area contributed by atoms with E-state index >= 15 is 0 Å². The molecule has 2 unspecified atom stereocenters. The van der Waals surface area contributed by atoms with Crippen LogP contribution in [0, 0.1) is 0 Å². The van der Waals surface area contributed by atoms with Crippen LogP contribution in [0.2, 0.25) is 0 Å². The van der Waals surface area contributed by atoms with E-state index in [1.807, 2.05) is 0 Å². The highest BCUT2D eigenvalue weighted by Crippen LogP contribution is 2.42. The van der Waals surface area contributed by atoms with Gasteiger partial charge in [0.1, 0.15) is 18.3 Å². The molecule has 0 amide bonds. The Morgan fingerprint density at radius 3 is 2.65 bits per heavy atom. The van der Waals surface area contributed by atoms with Crippen LogP contribution in [0.4, 0.5) is 0 Å². The van der Waals surface area contributed by atoms with Gasteiger partial charge in [-0.3, -0.25) is 24.2 Å². The number of phosphoric ester groups is 1. The van der Waals surface area contributed by atoms with Crippen LogP contribution in [0.1, 0.15) is 13.2 Å². The summed E-state index contributed by atoms with van der Waals surface area (Å²) >= 11 is 0. The molecule has 1 aromatic heterocycles. The maximum Gasteiger partial charge on any atom is 0.469 e. The standard InChI is InChI=1S/C13H22N3O9P/c1-7(25-26(19,20)21)9-10(23-6-14-2)11(22-3)12(24-9)16-5-4-8(17)15-13(16)18/h4-5,7,9-12,14H,6H2,1-3H3,(H,15,17,18)(H2,19,20,21)/t7-,9+,10?,11?,12+/m0/s1. The lowest BCUT2D eigenvalue weighted by Gasteiger charge is -2.26. The number of aromatic amines is 1. The molecule has 1 aliphatic heterocycles. The minimum Gasteiger partial charge on any atom is -0.374 e. The van der Waals surface area contributed by atoms with Gasteiger partial charge in [0.25, 0.3) is 5.56 Å². The number of H-pyrrole nitrogens is 1. The molecule has 2 heterocycles. The molecule has 1 fully saturated rings. The van der Waals surface area contributed by atoms with Gasteiger partial charge in [-0.1, -0.05) is 0 Å². The summed E-state index contributed by atoms with van der Waals surface area (Å²) in [5.41, 5.74) is -1.29. The van der Waals surface area contributed by atoms with E-state index in [4.69, 9.17) is 28.5 Å². The number of hydrogen-bond donors (Lipinski definition) is 4. The van der Waals surface area contributed by atoms with E-state index in [0.29, 0.717) is 0 Å². The van der Waals surface area contributed by atoms with Crippen LogP contribution < -0.4 is 16.6 Å². The summed E-state index contributed by atoms with van der Waals surface area (Å²) in [6.07, 6.45) is -3.40. The Morgan fingerprint density at radius 1 is 1.42 bits per heavy atom. The highest BCUT2D eigenvalue weighted by Gasteiger charge is 2.50. The molecule has 148 valence electrons. The third kappa shape index (κ3) is 4.87. The molecule has 1 saturated heterocycles. The molecule has 0 spiro atoms. The van der Waals surface area contributed by atoms with Crippen molar-refractivity contribution in [3.8, 4) is 0 Å². The van der Waals surface area contributed by atoms with Crippen LogP contribution in [0.15, 0.2) is 21.9 Å². The molecule has 0 aromatic carbocycles. The summed E-state index contributed by atoms with van der Waals surface area (Å²) in [6.45, 7) is 1.50. The zero-order valence-corrected chi connectivity index (χ0v) is 15.3. The van der Waals surface area contributed by atoms with Gasteiger partial charge in [-0.05, 0) is 14.0 Å². The number of ether oxygens (including phenoxy) is 3. The van der Waals surface area contributed by atoms with Crippen LogP contribution in [0.25, 0.3) is 0 Å². The fourth-order valence-corrected chi connectivity index (χ4v) is 3.34. The maximum absolute atomic E-state index is 12.1. The largest absolute Gasteiger partial charge is 0.469 e. The topological polar surface area (TPSA) is 161 Å². The molecule has 0 aliphatic carbocycles. The van der Waals surface area contributed by atoms with E-state index in [0.717, 1.165) is 10.6 Å². The Labute approximate surface area is 148 Å². The van der Waals surface area contributed by atoms with Gasteiger partial charge in [-0.2, -0.15) is 0 Å². The van der Waals surface area contributed by atoms with Gasteiger partial charge in [0.05, 0.1) is 12.8 Å². The second-order valence-corrected chi connectivity index (χ2v) is 6.83. The second kappa shape index (κ2) is 8.55. The number of hydrogen-bond acceptors (Lipinski definition) is 8. The highest BCUT2D eigenvalue weighted by atomic mass is 31.2. The van der Waals surface area contributed by atoms with Crippen LogP contribution in [0.3, 0.4) is 0 Å². The Balaban J connectivity index is 2.36. The number of aromatic nitrogens is 2. The second-order valence-electron chi connectivity index (χ2n) is 5.64. The Bertz CT molecular complexity index is 760. The number of phosphoric acid groups is 1. The van der Waals surface area contributed by atoms with Crippen LogP contribution in [-0.4, -0.2) is 64.6 Å². The Kier molecular flexibility index (Phi) is 6.88. The van der Waals surface area contributed by atoms with Crippen molar-refractivity contribution in [2.45, 2.75) is 37.6 Å². The van der Waals surface area contributed by atoms with Gasteiger partial charge in [-0.15, -0.1) is 0 Å². The van der Waals surface area contributed by atoms with Crippen molar-refractivity contribution in [1.82, 2.24) is 14.9 Å². The lowest BCUT2D eigenvalue weighted by Crippen LogP contribution is -2.43. The molecule has 13 heteroatoms. The minimum absolute atomic E-state index is 0.0975. The summed E-state index contributed by atoms with van der Waals surface area (Å²) < 4.78 is 33.8. The smallest absolute Gasteiger partial charge is 0.374 e. The molecule has 2 rings (SSSR count). The number of nitrogens with one attached hydrogen (secondary N) is 2. The zero-order valence-electron chi connectivity index (χ0n) is 14.4. The molecule has 0 saturated carbocycles. The SMILES string of the molecule is CNCOC1C(OC)[C@H](n2ccc(=O)[nH]c2=O)O[C@@H]1[C@H](C)OP(=O)(O)O. The molecule has 26 heavy (non-hydrogen) atoms. The Hall–Kier alpha value is -1.37. The molecule has 1 aliphatic rings. The van der Waals surface area contributed by atoms with E-state index < -0.39 is 49.7 Å². The van der Waals surface area contributed by atoms with Crippen LogP contribution >= 0.6 is 7.82 Å². The number of nitrogens with zero attached hydrogens (tertiary/aromatic N) is 1. The van der Waals surface area contributed by atoms with Crippen molar-refractivity contribution >= 4 is 7.82 Å². The normalized spacial score (nSPS) is 27.6. The first-order chi connectivity index (χ1) is 12.2. The van der Waals surface area contributed by atoms with E-state index in [2.05, 4.69) is 10.3 Å². The monoisotopic (exact) mass is 395 g/mol. The summed E-state index contributed by atoms with van der Waals surface area (Å²) in [7, 11) is -1.75. The summed E-state index contributed by atoms with van der Waals surface area (Å²) in [4.78, 5) is 43.5. The quantitative estimate of drug-likeness (QED) is 0.301. The minimum atomic E-state index is -4.77. The fraction of sp³-hybridized carbons (Fsp3) is 0.692. The first-order valence-electron chi connectivity index (χ1n) is 7.68. The van der Waals surface area contributed by atoms with Gasteiger partial charge < -0.3 is 24.0 Å². The summed E-state index contributed by atoms with van der Waals surface area (Å²) in [5.74, 6) is 0. The maximum atomic E-state index is 12.1. The molecule has 0 bridgehead atoms. The first kappa shape index (κ1) is 20.9. The van der Waals surface area contributed by atoms with Crippen molar-refractivity contribution in [2.75, 3.05) is 20.9 Å². The van der Waals surface area contributed by atoms with Crippen molar-refractivity contribution < 1.29 is 33.1 Å². The molecular formula is C13H22N3O9P. The predicted octanol–water partition coefficient (Wildman–Crippen LogP) is -1.49. The zero-order chi connectivity index (χ0) is 19.5. The molecular weight excluding hydrogens is 373 g/mol. The summed E-state index contributed by atoms with van der Waals surface area (Å²) in [5, 5.41) is 2.78. The third-order valence-corrected chi connectivity index (χ3v) is 4.42. The lowest BCUT2D eigenvalue weighted by molar-refractivity contribution is -0.0901. The summed E-state index contributed by atoms with van der Waals surface area (Å²) in [6, 6.07) is 1.14. The molecule has 12 nitrogen and oxygen atoms in total. The van der Waals surface area contributed by atoms with Crippen molar-refractivity contribution in [3.63, 3.8) is 0 Å². The van der Waals surface area contributed by atoms with Gasteiger partial charge in [0.15, 0.2) is 6.23 Å². The molecule has 1 aromatic rings. The van der Waals surface area contributed by atoms with Gasteiger partial charge >= 0.3 is 13.5 Å². The van der Waals surface area contributed by atoms with E-state index in [-0.39, 0.29) is 6.73 Å². The highest BCUT2D eigenvalue weighted by molar-refractivity contribution is 7.46. The third-order valence-electron chi connectivity index (χ3n) is 3.81. The van der Waals surface area contributed by atoms with E-state index in [1.54, 1.807) is 7.05 Å². The lowest BCUT2D eigenvalue weighted by atomic mass is 10.1. The molecule has 5 atom stereocenters. The number of rotatable bonds is 8. The first-order valence-corrected chi connectivity index (χ1v) is 9.21. The van der Waals surface area contributed by atoms with Crippen molar-refractivity contribution in [1.29, 1.82) is 0 Å². The number of methoxy groups -OCH3 is 1. The van der Waals surface area contributed by atoms with Crippen molar-refractivity contribution in [2.24, 2.45) is 0 Å². The predicted molar refractivity (Wildman–Crippen MR) is 87.4 cm³/mol. The van der Waals surface area contributed by atoms with Gasteiger partial charge in [0, 0.05) is 19.4 Å². The molecule has 0 radical (unpaired) electrons. The van der Waals surface area contributed by atoms with E-state index in [1.165, 1.54) is 20.2 Å². The van der Waals surface area contributed by atoms with Gasteiger partial charge in [-0.25, -0.2) is 9.36 Å². The molecule has 4 N–H and O–H groups in total. The fourth-order valence-electron chi connectivity index (χ4n) is 2.79. The van der Waals surface area contributed by atoms with Crippen molar-refractivity contribution in [3.05, 3.63) is 33.1 Å². The van der Waals surface area contributed by atoms with Crippen LogP contribution in [0.5, 0.6) is 0 Å². The van der Waals surface area contributed by atoms with Gasteiger partial charge in [0.2, 0.25) is 0 Å². The average molecular weight is 395 g/mol. The van der Waals surface area contributed by atoms with Crippen LogP contribution in [-0.2, 0) is 23.3 Å². The average Bonchev–Trinajstić information content (AvgIpc) is 2.89. The Morgan fingerprint density at radius 2 is 2.12 bits per heavy atom.